The summed E-state index contributed by atoms with van der Waals surface area (Å²) in [5, 5.41) is 18.2. The van der Waals surface area contributed by atoms with E-state index in [1.54, 1.807) is 12.1 Å². The normalized spacial score (nSPS) is 20.4. The topological polar surface area (TPSA) is 165 Å². The number of nitrogens with two attached hydrogens (primary N) is 1. The number of nitrogens with one attached hydrogen (secondary N) is 3. The van der Waals surface area contributed by atoms with E-state index < -0.39 is 23.6 Å². The fraction of sp³-hybridized carbons (Fsp3) is 0.500. The van der Waals surface area contributed by atoms with E-state index >= 15 is 0 Å². The second-order valence-electron chi connectivity index (χ2n) is 10.4. The Kier molecular flexibility index (Phi) is 10.5. The molecule has 11 heteroatoms. The Morgan fingerprint density at radius 2 is 1.90 bits per heavy atom. The highest BCUT2D eigenvalue weighted by Crippen LogP contribution is 2.17. The number of carbonyl (C=O) groups excluding carboxylic acids is 2. The van der Waals surface area contributed by atoms with Gasteiger partial charge >= 0.3 is 12.0 Å². The summed E-state index contributed by atoms with van der Waals surface area (Å²) in [6.45, 7) is 6.82. The fourth-order valence-corrected chi connectivity index (χ4v) is 4.12. The van der Waals surface area contributed by atoms with Crippen molar-refractivity contribution in [3.05, 3.63) is 53.7 Å². The number of fused-ring (bicyclic) bond motifs is 13. The zero-order valence-corrected chi connectivity index (χ0v) is 22.7. The molecule has 0 saturated carbocycles. The average Bonchev–Trinajstić information content (AvgIpc) is 2.88. The summed E-state index contributed by atoms with van der Waals surface area (Å²) in [6, 6.07) is 8.54. The Labute approximate surface area is 228 Å². The first-order valence-electron chi connectivity index (χ1n) is 13.2. The number of nitrogens with zero attached hydrogens (tertiary/aromatic N) is 1. The molecule has 6 N–H and O–H groups in total. The Morgan fingerprint density at radius 1 is 1.18 bits per heavy atom. The van der Waals surface area contributed by atoms with E-state index in [0.29, 0.717) is 37.0 Å². The van der Waals surface area contributed by atoms with Crippen LogP contribution in [0.5, 0.6) is 5.75 Å². The van der Waals surface area contributed by atoms with Crippen molar-refractivity contribution < 1.29 is 29.0 Å². The molecule has 3 amide bonds. The van der Waals surface area contributed by atoms with Gasteiger partial charge in [0.25, 0.3) is 0 Å². The molecule has 0 saturated heterocycles. The summed E-state index contributed by atoms with van der Waals surface area (Å²) in [7, 11) is 0. The van der Waals surface area contributed by atoms with Crippen LogP contribution in [0.1, 0.15) is 44.7 Å². The van der Waals surface area contributed by atoms with Gasteiger partial charge in [0.05, 0.1) is 19.3 Å². The first kappa shape index (κ1) is 29.7. The summed E-state index contributed by atoms with van der Waals surface area (Å²) in [5.74, 6) is -0.511. The van der Waals surface area contributed by atoms with E-state index in [0.717, 1.165) is 18.4 Å². The van der Waals surface area contributed by atoms with Crippen LogP contribution in [0.15, 0.2) is 42.6 Å². The van der Waals surface area contributed by atoms with Crippen molar-refractivity contribution in [2.75, 3.05) is 25.6 Å². The predicted octanol–water partition coefficient (Wildman–Crippen LogP) is 2.29. The van der Waals surface area contributed by atoms with Crippen molar-refractivity contribution in [2.24, 2.45) is 5.92 Å². The van der Waals surface area contributed by atoms with Gasteiger partial charge in [-0.1, -0.05) is 32.0 Å². The summed E-state index contributed by atoms with van der Waals surface area (Å²) in [6.07, 6.45) is 3.31. The van der Waals surface area contributed by atoms with Gasteiger partial charge in [0.15, 0.2) is 0 Å². The van der Waals surface area contributed by atoms with Crippen LogP contribution < -0.4 is 26.4 Å². The molecule has 4 rings (SSSR count). The van der Waals surface area contributed by atoms with E-state index in [4.69, 9.17) is 15.2 Å². The van der Waals surface area contributed by atoms with Crippen molar-refractivity contribution in [3.63, 3.8) is 0 Å². The molecular weight excluding hydrogens is 502 g/mol. The molecule has 3 heterocycles. The molecule has 2 aliphatic rings. The van der Waals surface area contributed by atoms with Crippen molar-refractivity contribution in [1.82, 2.24) is 20.9 Å². The molecule has 1 unspecified atom stereocenters. The van der Waals surface area contributed by atoms with Crippen LogP contribution in [-0.2, 0) is 27.2 Å². The van der Waals surface area contributed by atoms with E-state index in [2.05, 4.69) is 20.9 Å². The van der Waals surface area contributed by atoms with Gasteiger partial charge in [-0.2, -0.15) is 0 Å². The number of urea groups is 1. The van der Waals surface area contributed by atoms with Gasteiger partial charge in [0.2, 0.25) is 5.91 Å². The molecule has 2 aromatic rings. The molecule has 2 aliphatic heterocycles. The second kappa shape index (κ2) is 13.8. The van der Waals surface area contributed by atoms with Gasteiger partial charge in [0, 0.05) is 25.6 Å². The van der Waals surface area contributed by atoms with E-state index in [1.165, 1.54) is 13.1 Å². The molecule has 1 aromatic heterocycles. The molecule has 0 aliphatic carbocycles. The number of aromatic nitrogens is 1. The van der Waals surface area contributed by atoms with Crippen LogP contribution in [-0.4, -0.2) is 65.4 Å². The van der Waals surface area contributed by atoms with Crippen molar-refractivity contribution in [3.8, 4) is 5.75 Å². The van der Waals surface area contributed by atoms with Crippen LogP contribution >= 0.6 is 0 Å². The minimum atomic E-state index is -1.66. The molecule has 11 nitrogen and oxygen atoms in total. The highest BCUT2D eigenvalue weighted by Gasteiger charge is 2.36. The lowest BCUT2D eigenvalue weighted by molar-refractivity contribution is -0.143. The molecule has 39 heavy (non-hydrogen) atoms. The minimum absolute atomic E-state index is 0.0336. The number of hydrogen-bond acceptors (Lipinski definition) is 7. The molecule has 0 radical (unpaired) electrons. The number of carboxylic acid groups (broad SMARTS) is 1. The molecule has 212 valence electrons. The number of benzene rings is 1. The molecule has 3 atom stereocenters. The summed E-state index contributed by atoms with van der Waals surface area (Å²) in [4.78, 5) is 42.7. The van der Waals surface area contributed by atoms with Gasteiger partial charge in [0.1, 0.15) is 23.1 Å². The minimum Gasteiger partial charge on any atom is -0.494 e. The van der Waals surface area contributed by atoms with E-state index in [9.17, 15) is 19.5 Å². The third kappa shape index (κ3) is 9.13. The highest BCUT2D eigenvalue weighted by atomic mass is 16.5. The highest BCUT2D eigenvalue weighted by molar-refractivity contribution is 5.90. The lowest BCUT2D eigenvalue weighted by atomic mass is 9.93. The summed E-state index contributed by atoms with van der Waals surface area (Å²) >= 11 is 0. The summed E-state index contributed by atoms with van der Waals surface area (Å²) < 4.78 is 11.6. The first-order valence-corrected chi connectivity index (χ1v) is 13.2. The van der Waals surface area contributed by atoms with Gasteiger partial charge < -0.3 is 36.3 Å². The van der Waals surface area contributed by atoms with Gasteiger partial charge in [-0.25, -0.2) is 14.6 Å². The van der Waals surface area contributed by atoms with Crippen LogP contribution in [0, 0.1) is 5.92 Å². The maximum Gasteiger partial charge on any atom is 0.329 e. The number of anilines is 1. The number of pyridine rings is 1. The summed E-state index contributed by atoms with van der Waals surface area (Å²) in [5.41, 5.74) is 5.35. The number of ether oxygens (including phenoxy) is 2. The van der Waals surface area contributed by atoms with E-state index in [-0.39, 0.29) is 30.7 Å². The number of hydrogen-bond donors (Lipinski definition) is 5. The predicted molar refractivity (Wildman–Crippen MR) is 146 cm³/mol. The standard InChI is InChI=1S/C28H39N5O6/c1-18(2)23-17-38-12-4-5-13-39-21-9-6-19(7-10-21)14-22(25(34)31-23)32-27(37)33-28(3,26(35)36)15-20-8-11-24(29)30-16-20/h6-11,16,18,22-23H,4-5,12-15,17H2,1-3H3,(H2,29,30)(H,31,34)(H,35,36)(H2,32,33,37)/t22-,23-,28?/m1/s1. The number of aliphatic carboxylic acids is 1. The van der Waals surface area contributed by atoms with Crippen LogP contribution in [0.4, 0.5) is 10.6 Å². The third-order valence-corrected chi connectivity index (χ3v) is 6.63. The third-order valence-electron chi connectivity index (χ3n) is 6.63. The molecular formula is C28H39N5O6. The molecule has 1 aromatic carbocycles. The fourth-order valence-electron chi connectivity index (χ4n) is 4.12. The second-order valence-corrected chi connectivity index (χ2v) is 10.4. The van der Waals surface area contributed by atoms with Crippen LogP contribution in [0.2, 0.25) is 0 Å². The van der Waals surface area contributed by atoms with Crippen molar-refractivity contribution in [1.29, 1.82) is 0 Å². The van der Waals surface area contributed by atoms with E-state index in [1.807, 2.05) is 38.1 Å². The number of rotatable bonds is 6. The van der Waals surface area contributed by atoms with Gasteiger partial charge in [-0.15, -0.1) is 0 Å². The Bertz CT molecular complexity index is 1110. The van der Waals surface area contributed by atoms with Gasteiger partial charge in [-0.05, 0) is 55.0 Å². The maximum atomic E-state index is 13.4. The first-order chi connectivity index (χ1) is 18.6. The van der Waals surface area contributed by atoms with Gasteiger partial charge in [-0.3, -0.25) is 4.79 Å². The Hall–Kier alpha value is -3.86. The largest absolute Gasteiger partial charge is 0.494 e. The SMILES string of the molecule is CC(C)[C@H]1COCCCCOc2ccc(cc2)C[C@@H](NC(=O)NC(C)(Cc2ccc(N)nc2)C(=O)O)C(=O)N1. The lowest BCUT2D eigenvalue weighted by Gasteiger charge is -2.29. The monoisotopic (exact) mass is 541 g/mol. The molecule has 2 bridgehead atoms. The smallest absolute Gasteiger partial charge is 0.329 e. The lowest BCUT2D eigenvalue weighted by Crippen LogP contribution is -2.60. The number of carboxylic acids is 1. The number of nitrogen functional groups attached to an aromatic ring is 1. The Morgan fingerprint density at radius 3 is 2.54 bits per heavy atom. The molecule has 0 spiro atoms. The zero-order chi connectivity index (χ0) is 28.4. The van der Waals surface area contributed by atoms with Crippen molar-refractivity contribution >= 4 is 23.7 Å². The quantitative estimate of drug-likeness (QED) is 0.372. The molecule has 0 fully saturated rings. The maximum absolute atomic E-state index is 13.4. The zero-order valence-electron chi connectivity index (χ0n) is 22.7. The van der Waals surface area contributed by atoms with Crippen molar-refractivity contribution in [2.45, 2.75) is 64.1 Å². The Balaban J connectivity index is 1.79. The average molecular weight is 542 g/mol. The van der Waals surface area contributed by atoms with Crippen LogP contribution in [0.25, 0.3) is 0 Å². The number of amides is 3. The number of carbonyl (C=O) groups is 3. The van der Waals surface area contributed by atoms with Crippen LogP contribution in [0.3, 0.4) is 0 Å².